The lowest BCUT2D eigenvalue weighted by molar-refractivity contribution is -0.385. The molecule has 1 aromatic heterocycles. The average molecular weight is 246 g/mol. The highest BCUT2D eigenvalue weighted by Crippen LogP contribution is 2.25. The molecule has 0 saturated heterocycles. The maximum atomic E-state index is 10.8. The minimum Gasteiger partial charge on any atom is -0.380 e. The maximum absolute atomic E-state index is 10.8. The van der Waals surface area contributed by atoms with Gasteiger partial charge in [-0.1, -0.05) is 6.07 Å². The largest absolute Gasteiger partial charge is 0.380 e. The van der Waals surface area contributed by atoms with Crippen LogP contribution in [-0.2, 0) is 6.54 Å². The smallest absolute Gasteiger partial charge is 0.274 e. The second kappa shape index (κ2) is 4.87. The predicted octanol–water partition coefficient (Wildman–Crippen LogP) is 2.55. The number of nitrogens with zero attached hydrogens (tertiary/aromatic N) is 2. The zero-order chi connectivity index (χ0) is 13.1. The molecule has 2 aromatic rings. The van der Waals surface area contributed by atoms with Gasteiger partial charge >= 0.3 is 0 Å². The number of hydrogen-bond donors (Lipinski definition) is 2. The number of aromatic amines is 1. The topological polar surface area (TPSA) is 83.8 Å². The number of nitro groups is 1. The molecule has 0 amide bonds. The molecular weight excluding hydrogens is 232 g/mol. The van der Waals surface area contributed by atoms with Gasteiger partial charge in [-0.05, 0) is 19.9 Å². The van der Waals surface area contributed by atoms with Crippen LogP contribution < -0.4 is 5.32 Å². The zero-order valence-corrected chi connectivity index (χ0v) is 10.2. The first-order chi connectivity index (χ1) is 8.59. The third kappa shape index (κ3) is 2.32. The van der Waals surface area contributed by atoms with E-state index in [1.165, 1.54) is 6.07 Å². The Morgan fingerprint density at radius 1 is 1.44 bits per heavy atom. The molecule has 6 heteroatoms. The number of nitrogens with one attached hydrogen (secondary N) is 2. The van der Waals surface area contributed by atoms with Crippen molar-refractivity contribution >= 4 is 11.4 Å². The van der Waals surface area contributed by atoms with E-state index in [0.717, 1.165) is 16.9 Å². The molecule has 2 N–H and O–H groups in total. The molecule has 0 fully saturated rings. The number of benzene rings is 1. The molecule has 1 aromatic carbocycles. The van der Waals surface area contributed by atoms with Crippen molar-refractivity contribution in [2.45, 2.75) is 20.4 Å². The van der Waals surface area contributed by atoms with Crippen molar-refractivity contribution in [3.05, 3.63) is 51.3 Å². The number of rotatable bonds is 4. The van der Waals surface area contributed by atoms with Crippen LogP contribution in [0.1, 0.15) is 16.8 Å². The fourth-order valence-corrected chi connectivity index (χ4v) is 1.76. The minimum absolute atomic E-state index is 0.129. The first-order valence-corrected chi connectivity index (χ1v) is 5.56. The molecule has 0 aliphatic rings. The van der Waals surface area contributed by atoms with E-state index in [-0.39, 0.29) is 10.6 Å². The van der Waals surface area contributed by atoms with Gasteiger partial charge in [0.1, 0.15) is 0 Å². The standard InChI is InChI=1S/C12H14N4O2/c1-8-11(4-3-5-12(8)16(17)18)13-6-10-7-14-15-9(10)2/h3-5,7,13H,6H2,1-2H3,(H,14,15). The molecule has 0 atom stereocenters. The van der Waals surface area contributed by atoms with E-state index in [1.54, 1.807) is 19.2 Å². The Bertz CT molecular complexity index is 577. The van der Waals surface area contributed by atoms with Gasteiger partial charge in [-0.3, -0.25) is 15.2 Å². The first kappa shape index (κ1) is 12.1. The van der Waals surface area contributed by atoms with Crippen LogP contribution in [0.3, 0.4) is 0 Å². The highest BCUT2D eigenvalue weighted by Gasteiger charge is 2.13. The summed E-state index contributed by atoms with van der Waals surface area (Å²) in [6, 6.07) is 5.01. The van der Waals surface area contributed by atoms with E-state index < -0.39 is 0 Å². The van der Waals surface area contributed by atoms with Gasteiger partial charge in [0.25, 0.3) is 5.69 Å². The molecule has 18 heavy (non-hydrogen) atoms. The quantitative estimate of drug-likeness (QED) is 0.641. The van der Waals surface area contributed by atoms with Gasteiger partial charge in [0.2, 0.25) is 0 Å². The summed E-state index contributed by atoms with van der Waals surface area (Å²) >= 11 is 0. The van der Waals surface area contributed by atoms with Gasteiger partial charge in [0, 0.05) is 35.1 Å². The van der Waals surface area contributed by atoms with E-state index in [0.29, 0.717) is 12.1 Å². The Balaban J connectivity index is 2.17. The third-order valence-electron chi connectivity index (χ3n) is 2.91. The van der Waals surface area contributed by atoms with Crippen LogP contribution in [0, 0.1) is 24.0 Å². The third-order valence-corrected chi connectivity index (χ3v) is 2.91. The van der Waals surface area contributed by atoms with Gasteiger partial charge in [-0.25, -0.2) is 0 Å². The summed E-state index contributed by atoms with van der Waals surface area (Å²) < 4.78 is 0. The van der Waals surface area contributed by atoms with E-state index in [9.17, 15) is 10.1 Å². The fourth-order valence-electron chi connectivity index (χ4n) is 1.76. The summed E-state index contributed by atoms with van der Waals surface area (Å²) in [5, 5.41) is 20.8. The number of aryl methyl sites for hydroxylation is 1. The van der Waals surface area contributed by atoms with Crippen LogP contribution in [0.5, 0.6) is 0 Å². The molecule has 6 nitrogen and oxygen atoms in total. The van der Waals surface area contributed by atoms with Crippen LogP contribution in [0.2, 0.25) is 0 Å². The number of H-pyrrole nitrogens is 1. The second-order valence-electron chi connectivity index (χ2n) is 4.08. The highest BCUT2D eigenvalue weighted by molar-refractivity contribution is 5.59. The number of hydrogen-bond acceptors (Lipinski definition) is 4. The summed E-state index contributed by atoms with van der Waals surface area (Å²) in [5.41, 5.74) is 3.57. The molecule has 0 saturated carbocycles. The summed E-state index contributed by atoms with van der Waals surface area (Å²) in [6.45, 7) is 4.26. The molecular formula is C12H14N4O2. The van der Waals surface area contributed by atoms with Gasteiger partial charge < -0.3 is 5.32 Å². The van der Waals surface area contributed by atoms with Crippen molar-refractivity contribution in [3.63, 3.8) is 0 Å². The SMILES string of the molecule is Cc1[nH]ncc1CNc1cccc([N+](=O)[O-])c1C. The van der Waals surface area contributed by atoms with Crippen molar-refractivity contribution in [3.8, 4) is 0 Å². The maximum Gasteiger partial charge on any atom is 0.274 e. The van der Waals surface area contributed by atoms with E-state index in [4.69, 9.17) is 0 Å². The molecule has 2 rings (SSSR count). The van der Waals surface area contributed by atoms with Crippen molar-refractivity contribution in [1.29, 1.82) is 0 Å². The van der Waals surface area contributed by atoms with Crippen LogP contribution >= 0.6 is 0 Å². The predicted molar refractivity (Wildman–Crippen MR) is 68.5 cm³/mol. The van der Waals surface area contributed by atoms with Crippen molar-refractivity contribution < 1.29 is 4.92 Å². The van der Waals surface area contributed by atoms with Gasteiger partial charge in [0.05, 0.1) is 11.1 Å². The minimum atomic E-state index is -0.371. The molecule has 0 aliphatic carbocycles. The summed E-state index contributed by atoms with van der Waals surface area (Å²) in [5.74, 6) is 0. The van der Waals surface area contributed by atoms with E-state index in [1.807, 2.05) is 13.0 Å². The van der Waals surface area contributed by atoms with Gasteiger partial charge in [-0.2, -0.15) is 5.10 Å². The van der Waals surface area contributed by atoms with Crippen LogP contribution in [0.15, 0.2) is 24.4 Å². The molecule has 0 bridgehead atoms. The Labute approximate surface area is 104 Å². The monoisotopic (exact) mass is 246 g/mol. The summed E-state index contributed by atoms with van der Waals surface area (Å²) in [4.78, 5) is 10.5. The molecule has 0 spiro atoms. The number of nitro benzene ring substituents is 1. The lowest BCUT2D eigenvalue weighted by atomic mass is 10.1. The Kier molecular flexibility index (Phi) is 3.27. The first-order valence-electron chi connectivity index (χ1n) is 5.56. The highest BCUT2D eigenvalue weighted by atomic mass is 16.6. The van der Waals surface area contributed by atoms with E-state index in [2.05, 4.69) is 15.5 Å². The van der Waals surface area contributed by atoms with Gasteiger partial charge in [0.15, 0.2) is 0 Å². The summed E-state index contributed by atoms with van der Waals surface area (Å²) in [7, 11) is 0. The fraction of sp³-hybridized carbons (Fsp3) is 0.250. The Morgan fingerprint density at radius 2 is 2.22 bits per heavy atom. The number of anilines is 1. The number of aromatic nitrogens is 2. The van der Waals surface area contributed by atoms with Crippen molar-refractivity contribution in [2.24, 2.45) is 0 Å². The van der Waals surface area contributed by atoms with Crippen molar-refractivity contribution in [2.75, 3.05) is 5.32 Å². The van der Waals surface area contributed by atoms with Crippen molar-refractivity contribution in [1.82, 2.24) is 10.2 Å². The zero-order valence-electron chi connectivity index (χ0n) is 10.2. The lowest BCUT2D eigenvalue weighted by Gasteiger charge is -2.09. The molecule has 0 aliphatic heterocycles. The molecule has 0 radical (unpaired) electrons. The van der Waals surface area contributed by atoms with Gasteiger partial charge in [-0.15, -0.1) is 0 Å². The normalized spacial score (nSPS) is 10.3. The average Bonchev–Trinajstić information content (AvgIpc) is 2.73. The Morgan fingerprint density at radius 3 is 2.83 bits per heavy atom. The van der Waals surface area contributed by atoms with E-state index >= 15 is 0 Å². The second-order valence-corrected chi connectivity index (χ2v) is 4.08. The Hall–Kier alpha value is -2.37. The van der Waals surface area contributed by atoms with Crippen LogP contribution in [0.4, 0.5) is 11.4 Å². The molecule has 94 valence electrons. The molecule has 0 unspecified atom stereocenters. The molecule has 1 heterocycles. The summed E-state index contributed by atoms with van der Waals surface area (Å²) in [6.07, 6.45) is 1.75. The van der Waals surface area contributed by atoms with Crippen LogP contribution in [0.25, 0.3) is 0 Å². The lowest BCUT2D eigenvalue weighted by Crippen LogP contribution is -2.03. The van der Waals surface area contributed by atoms with Crippen LogP contribution in [-0.4, -0.2) is 15.1 Å².